The first kappa shape index (κ1) is 23.0. The number of pyridine rings is 2. The van der Waals surface area contributed by atoms with Crippen LogP contribution in [0.15, 0.2) is 54.9 Å². The van der Waals surface area contributed by atoms with Crippen molar-refractivity contribution in [3.8, 4) is 17.1 Å². The Morgan fingerprint density at radius 2 is 2.10 bits per heavy atom. The number of ether oxygens (including phenoxy) is 2. The molecule has 11 nitrogen and oxygen atoms in total. The number of anilines is 2. The molecule has 214 valence electrons. The molecule has 1 amide bonds. The second-order valence-corrected chi connectivity index (χ2v) is 10.9. The maximum Gasteiger partial charge on any atom is 0.228 e. The number of methoxy groups -OCH3 is 1. The van der Waals surface area contributed by atoms with Crippen LogP contribution in [0.3, 0.4) is 0 Å². The molecule has 1 aliphatic carbocycles. The lowest BCUT2D eigenvalue weighted by Gasteiger charge is -2.20. The fraction of sp³-hybridized carbons (Fsp3) is 0.355. The van der Waals surface area contributed by atoms with E-state index in [2.05, 4.69) is 20.5 Å². The van der Waals surface area contributed by atoms with Gasteiger partial charge < -0.3 is 19.7 Å². The van der Waals surface area contributed by atoms with Crippen molar-refractivity contribution < 1.29 is 18.4 Å². The lowest BCUT2D eigenvalue weighted by molar-refractivity contribution is -0.117. The minimum atomic E-state index is -2.56. The molecular weight excluding hydrogens is 532 g/mol. The Labute approximate surface area is 247 Å². The quantitative estimate of drug-likeness (QED) is 0.281. The molecule has 1 saturated heterocycles. The van der Waals surface area contributed by atoms with Crippen molar-refractivity contribution in [1.29, 1.82) is 0 Å². The minimum absolute atomic E-state index is 0.0241. The second kappa shape index (κ2) is 10.6. The molecule has 1 aliphatic heterocycles. The molecule has 4 aromatic heterocycles. The van der Waals surface area contributed by atoms with E-state index < -0.39 is 6.98 Å². The second-order valence-electron chi connectivity index (χ2n) is 10.9. The van der Waals surface area contributed by atoms with Crippen molar-refractivity contribution in [1.82, 2.24) is 29.8 Å². The van der Waals surface area contributed by atoms with Crippen molar-refractivity contribution in [2.24, 2.45) is 11.8 Å². The number of benzene rings is 1. The summed E-state index contributed by atoms with van der Waals surface area (Å²) in [4.78, 5) is 23.3. The van der Waals surface area contributed by atoms with Crippen molar-refractivity contribution in [2.75, 3.05) is 30.9 Å². The van der Waals surface area contributed by atoms with E-state index in [0.29, 0.717) is 34.1 Å². The van der Waals surface area contributed by atoms with Crippen LogP contribution in [-0.4, -0.2) is 56.4 Å². The summed E-state index contributed by atoms with van der Waals surface area (Å²) in [5.41, 5.74) is 3.16. The summed E-state index contributed by atoms with van der Waals surface area (Å²) >= 11 is 0. The predicted octanol–water partition coefficient (Wildman–Crippen LogP) is 4.83. The van der Waals surface area contributed by atoms with Gasteiger partial charge in [-0.1, -0.05) is 25.1 Å². The molecule has 2 aliphatic rings. The molecule has 5 aromatic rings. The average molecular weight is 568 g/mol. The summed E-state index contributed by atoms with van der Waals surface area (Å²) in [6.45, 7) is 0.233. The lowest BCUT2D eigenvalue weighted by atomic mass is 10.1. The molecule has 11 heteroatoms. The van der Waals surface area contributed by atoms with Gasteiger partial charge in [0.25, 0.3) is 0 Å². The molecule has 5 heterocycles. The van der Waals surface area contributed by atoms with Crippen LogP contribution in [0.1, 0.15) is 47.5 Å². The Morgan fingerprint density at radius 1 is 1.24 bits per heavy atom. The summed E-state index contributed by atoms with van der Waals surface area (Å²) < 4.78 is 37.9. The summed E-state index contributed by atoms with van der Waals surface area (Å²) in [7, 11) is 1.57. The van der Waals surface area contributed by atoms with Crippen molar-refractivity contribution in [2.45, 2.75) is 38.8 Å². The first-order valence-electron chi connectivity index (χ1n) is 15.5. The number of fused-ring (bicyclic) bond motifs is 2. The molecule has 1 N–H and O–H groups in total. The van der Waals surface area contributed by atoms with Crippen LogP contribution in [0.5, 0.6) is 5.75 Å². The molecule has 0 spiro atoms. The van der Waals surface area contributed by atoms with Gasteiger partial charge in [-0.05, 0) is 60.6 Å². The zero-order valence-corrected chi connectivity index (χ0v) is 23.3. The zero-order chi connectivity index (χ0) is 31.3. The summed E-state index contributed by atoms with van der Waals surface area (Å²) in [6.07, 6.45) is 6.28. The van der Waals surface area contributed by atoms with Crippen LogP contribution in [-0.2, 0) is 16.1 Å². The molecule has 3 atom stereocenters. The molecule has 7 rings (SSSR count). The third-order valence-electron chi connectivity index (χ3n) is 7.96. The summed E-state index contributed by atoms with van der Waals surface area (Å²) in [6, 6.07) is 12.7. The van der Waals surface area contributed by atoms with E-state index in [1.165, 1.54) is 4.90 Å². The lowest BCUT2D eigenvalue weighted by Crippen LogP contribution is -2.19. The first-order chi connectivity index (χ1) is 21.7. The van der Waals surface area contributed by atoms with Gasteiger partial charge in [0, 0.05) is 53.5 Å². The molecule has 42 heavy (non-hydrogen) atoms. The first-order valence-corrected chi connectivity index (χ1v) is 14.0. The van der Waals surface area contributed by atoms with E-state index in [4.69, 9.17) is 23.7 Å². The number of nitrogens with zero attached hydrogens (tertiary/aromatic N) is 7. The van der Waals surface area contributed by atoms with Gasteiger partial charge in [-0.25, -0.2) is 14.5 Å². The molecule has 1 unspecified atom stereocenters. The summed E-state index contributed by atoms with van der Waals surface area (Å²) in [5, 5.41) is 16.8. The fourth-order valence-corrected chi connectivity index (χ4v) is 5.39. The number of amides is 1. The SMILES string of the molecule is [2H]C([2H])([2H])N(Cc1ccc(OC)cc1)c1ncc(-c2nc3ccc(C4CCCO4)cn3n2)c2cc(NC(=O)[C@H]3C[C@H]3C)nnc12. The van der Waals surface area contributed by atoms with E-state index in [1.54, 1.807) is 48.2 Å². The zero-order valence-electron chi connectivity index (χ0n) is 26.3. The molecular formula is C31H32N8O3. The number of aromatic nitrogens is 6. The predicted molar refractivity (Wildman–Crippen MR) is 158 cm³/mol. The number of carbonyl (C=O) groups excluding carboxylic acids is 1. The Balaban J connectivity index is 1.33. The van der Waals surface area contributed by atoms with E-state index in [-0.39, 0.29) is 41.6 Å². The van der Waals surface area contributed by atoms with E-state index in [1.807, 2.05) is 25.3 Å². The molecule has 1 saturated carbocycles. The number of carbonyl (C=O) groups is 1. The standard InChI is InChI=1S/C31H32N8O3/c1-18-13-22(18)31(40)33-26-14-23-24(29-34-27-11-8-20(17-39(27)37-29)25-5-4-12-42-25)15-32-30(28(23)36-35-26)38(2)16-19-6-9-21(41-3)10-7-19/h6-11,14-15,17-18,22,25H,4-5,12-13,16H2,1-3H3,(H,33,35,40)/t18-,22+,25?/m1/s1/i2D3. The maximum absolute atomic E-state index is 12.8. The smallest absolute Gasteiger partial charge is 0.228 e. The molecule has 0 radical (unpaired) electrons. The Morgan fingerprint density at radius 3 is 2.83 bits per heavy atom. The number of hydrogen-bond donors (Lipinski definition) is 1. The third-order valence-corrected chi connectivity index (χ3v) is 7.96. The largest absolute Gasteiger partial charge is 0.497 e. The summed E-state index contributed by atoms with van der Waals surface area (Å²) in [5.74, 6) is 1.54. The number of nitrogens with one attached hydrogen (secondary N) is 1. The van der Waals surface area contributed by atoms with Crippen LogP contribution in [0.25, 0.3) is 27.9 Å². The maximum atomic E-state index is 12.8. The molecule has 2 fully saturated rings. The Hall–Kier alpha value is -4.64. The van der Waals surface area contributed by atoms with Crippen LogP contribution in [0.2, 0.25) is 0 Å². The highest BCUT2D eigenvalue weighted by Gasteiger charge is 2.39. The number of rotatable bonds is 8. The highest BCUT2D eigenvalue weighted by molar-refractivity contribution is 6.01. The normalized spacial score (nSPS) is 21.1. The van der Waals surface area contributed by atoms with Crippen LogP contribution >= 0.6 is 0 Å². The van der Waals surface area contributed by atoms with Crippen LogP contribution < -0.4 is 15.0 Å². The van der Waals surface area contributed by atoms with Crippen molar-refractivity contribution in [3.05, 3.63) is 66.0 Å². The van der Waals surface area contributed by atoms with Gasteiger partial charge in [0.15, 0.2) is 23.1 Å². The van der Waals surface area contributed by atoms with Crippen LogP contribution in [0, 0.1) is 11.8 Å². The van der Waals surface area contributed by atoms with Gasteiger partial charge in [-0.2, -0.15) is 0 Å². The van der Waals surface area contributed by atoms with Crippen LogP contribution in [0.4, 0.5) is 11.6 Å². The van der Waals surface area contributed by atoms with Crippen molar-refractivity contribution in [3.63, 3.8) is 0 Å². The van der Waals surface area contributed by atoms with E-state index in [9.17, 15) is 4.79 Å². The Bertz CT molecular complexity index is 1890. The number of hydrogen-bond acceptors (Lipinski definition) is 9. The minimum Gasteiger partial charge on any atom is -0.497 e. The topological polar surface area (TPSA) is 120 Å². The third kappa shape index (κ3) is 5.00. The van der Waals surface area contributed by atoms with Gasteiger partial charge in [0.2, 0.25) is 5.91 Å². The molecule has 0 bridgehead atoms. The van der Waals surface area contributed by atoms with E-state index >= 15 is 0 Å². The highest BCUT2D eigenvalue weighted by atomic mass is 16.5. The van der Waals surface area contributed by atoms with Gasteiger partial charge in [-0.15, -0.1) is 15.3 Å². The molecule has 1 aromatic carbocycles. The monoisotopic (exact) mass is 567 g/mol. The Kier molecular flexibility index (Phi) is 5.82. The fourth-order valence-electron chi connectivity index (χ4n) is 5.39. The van der Waals surface area contributed by atoms with Gasteiger partial charge in [0.05, 0.1) is 13.2 Å². The van der Waals surface area contributed by atoms with E-state index in [0.717, 1.165) is 37.0 Å². The highest BCUT2D eigenvalue weighted by Crippen LogP contribution is 2.39. The van der Waals surface area contributed by atoms with Gasteiger partial charge >= 0.3 is 0 Å². The van der Waals surface area contributed by atoms with Gasteiger partial charge in [0.1, 0.15) is 11.3 Å². The average Bonchev–Trinajstić information content (AvgIpc) is 3.37. The van der Waals surface area contributed by atoms with Crippen molar-refractivity contribution >= 4 is 34.1 Å². The van der Waals surface area contributed by atoms with Gasteiger partial charge in [-0.3, -0.25) is 4.79 Å².